The molecule has 0 fully saturated rings. The predicted molar refractivity (Wildman–Crippen MR) is 101 cm³/mol. The molecule has 0 radical (unpaired) electrons. The lowest BCUT2D eigenvalue weighted by Gasteiger charge is -2.14. The van der Waals surface area contributed by atoms with Gasteiger partial charge in [0.05, 0.1) is 22.9 Å². The fourth-order valence-corrected chi connectivity index (χ4v) is 3.19. The molecule has 1 unspecified atom stereocenters. The molecule has 0 bridgehead atoms. The number of hydrogen-bond acceptors (Lipinski definition) is 6. The molecule has 1 N–H and O–H groups in total. The Kier molecular flexibility index (Phi) is 4.76. The van der Waals surface area contributed by atoms with Gasteiger partial charge in [-0.25, -0.2) is 15.0 Å². The van der Waals surface area contributed by atoms with E-state index in [0.717, 1.165) is 17.0 Å². The lowest BCUT2D eigenvalue weighted by atomic mass is 10.1. The van der Waals surface area contributed by atoms with Crippen LogP contribution in [0.1, 0.15) is 23.5 Å². The van der Waals surface area contributed by atoms with Crippen LogP contribution in [0.5, 0.6) is 0 Å². The Balaban J connectivity index is 1.80. The van der Waals surface area contributed by atoms with Gasteiger partial charge >= 0.3 is 0 Å². The number of aromatic nitrogens is 3. The minimum Gasteiger partial charge on any atom is -0.378 e. The van der Waals surface area contributed by atoms with Crippen LogP contribution in [0.2, 0.25) is 0 Å². The van der Waals surface area contributed by atoms with Crippen molar-refractivity contribution < 1.29 is 0 Å². The summed E-state index contributed by atoms with van der Waals surface area (Å²) in [6.07, 6.45) is 1.78. The Bertz CT molecular complexity index is 810. The quantitative estimate of drug-likeness (QED) is 0.757. The SMILES string of the molecule is Cc1scnc1C(C)Nc1nccc(-c2ccc(N(C)C)cc2)n1. The number of anilines is 2. The van der Waals surface area contributed by atoms with Crippen LogP contribution in [0, 0.1) is 6.92 Å². The van der Waals surface area contributed by atoms with Crippen molar-refractivity contribution >= 4 is 23.0 Å². The first-order valence-electron chi connectivity index (χ1n) is 7.82. The highest BCUT2D eigenvalue weighted by molar-refractivity contribution is 7.09. The second-order valence-electron chi connectivity index (χ2n) is 5.87. The van der Waals surface area contributed by atoms with E-state index in [1.54, 1.807) is 17.5 Å². The van der Waals surface area contributed by atoms with E-state index < -0.39 is 0 Å². The molecule has 0 saturated heterocycles. The normalized spacial score (nSPS) is 12.0. The number of thiazole rings is 1. The van der Waals surface area contributed by atoms with E-state index >= 15 is 0 Å². The van der Waals surface area contributed by atoms with E-state index in [0.29, 0.717) is 5.95 Å². The van der Waals surface area contributed by atoms with Crippen molar-refractivity contribution in [3.8, 4) is 11.3 Å². The van der Waals surface area contributed by atoms with Crippen molar-refractivity contribution in [2.24, 2.45) is 0 Å². The molecule has 3 rings (SSSR count). The van der Waals surface area contributed by atoms with Gasteiger partial charge in [-0.1, -0.05) is 12.1 Å². The van der Waals surface area contributed by atoms with E-state index in [9.17, 15) is 0 Å². The zero-order chi connectivity index (χ0) is 17.1. The maximum absolute atomic E-state index is 4.64. The van der Waals surface area contributed by atoms with E-state index in [1.165, 1.54) is 10.6 Å². The van der Waals surface area contributed by atoms with Gasteiger partial charge in [0.2, 0.25) is 5.95 Å². The maximum Gasteiger partial charge on any atom is 0.223 e. The Labute approximate surface area is 146 Å². The average molecular weight is 339 g/mol. The van der Waals surface area contributed by atoms with Crippen LogP contribution in [-0.4, -0.2) is 29.0 Å². The number of nitrogens with one attached hydrogen (secondary N) is 1. The molecule has 124 valence electrons. The predicted octanol–water partition coefficient (Wildman–Crippen LogP) is 4.15. The first-order chi connectivity index (χ1) is 11.5. The van der Waals surface area contributed by atoms with Crippen LogP contribution < -0.4 is 10.2 Å². The van der Waals surface area contributed by atoms with Crippen molar-refractivity contribution in [2.45, 2.75) is 19.9 Å². The third-order valence-electron chi connectivity index (χ3n) is 3.87. The summed E-state index contributed by atoms with van der Waals surface area (Å²) in [6, 6.07) is 10.3. The van der Waals surface area contributed by atoms with E-state index in [1.807, 2.05) is 25.7 Å². The lowest BCUT2D eigenvalue weighted by Crippen LogP contribution is -2.11. The second kappa shape index (κ2) is 6.97. The van der Waals surface area contributed by atoms with Gasteiger partial charge in [-0.2, -0.15) is 0 Å². The second-order valence-corrected chi connectivity index (χ2v) is 6.93. The fraction of sp³-hybridized carbons (Fsp3) is 0.278. The highest BCUT2D eigenvalue weighted by atomic mass is 32.1. The first-order valence-corrected chi connectivity index (χ1v) is 8.70. The van der Waals surface area contributed by atoms with E-state index in [4.69, 9.17) is 0 Å². The van der Waals surface area contributed by atoms with Crippen molar-refractivity contribution in [3.05, 3.63) is 52.6 Å². The zero-order valence-corrected chi connectivity index (χ0v) is 15.1. The van der Waals surface area contributed by atoms with E-state index in [2.05, 4.69) is 63.3 Å². The van der Waals surface area contributed by atoms with Crippen molar-refractivity contribution in [1.29, 1.82) is 0 Å². The van der Waals surface area contributed by atoms with Crippen molar-refractivity contribution in [3.63, 3.8) is 0 Å². The molecular formula is C18H21N5S. The molecule has 2 heterocycles. The molecule has 24 heavy (non-hydrogen) atoms. The highest BCUT2D eigenvalue weighted by Crippen LogP contribution is 2.24. The van der Waals surface area contributed by atoms with Gasteiger partial charge in [-0.3, -0.25) is 0 Å². The van der Waals surface area contributed by atoms with Gasteiger partial charge in [0.1, 0.15) is 0 Å². The fourth-order valence-electron chi connectivity index (χ4n) is 2.51. The van der Waals surface area contributed by atoms with Crippen LogP contribution in [-0.2, 0) is 0 Å². The smallest absolute Gasteiger partial charge is 0.223 e. The summed E-state index contributed by atoms with van der Waals surface area (Å²) in [5.41, 5.74) is 6.05. The molecule has 0 spiro atoms. The molecule has 2 aromatic heterocycles. The third-order valence-corrected chi connectivity index (χ3v) is 4.65. The Morgan fingerprint density at radius 1 is 1.08 bits per heavy atom. The summed E-state index contributed by atoms with van der Waals surface area (Å²) in [4.78, 5) is 16.7. The zero-order valence-electron chi connectivity index (χ0n) is 14.3. The molecule has 1 atom stereocenters. The number of aryl methyl sites for hydroxylation is 1. The summed E-state index contributed by atoms with van der Waals surface area (Å²) in [5, 5.41) is 3.34. The standard InChI is InChI=1S/C18H21N5S/c1-12(17-13(2)24-11-20-17)21-18-19-10-9-16(22-18)14-5-7-15(8-6-14)23(3)4/h5-12H,1-4H3,(H,19,21,22). The molecule has 0 aliphatic carbocycles. The third kappa shape index (κ3) is 3.54. The molecule has 3 aromatic rings. The molecule has 0 amide bonds. The van der Waals surface area contributed by atoms with Crippen LogP contribution >= 0.6 is 11.3 Å². The molecule has 5 nitrogen and oxygen atoms in total. The van der Waals surface area contributed by atoms with Crippen LogP contribution in [0.15, 0.2) is 42.0 Å². The molecule has 6 heteroatoms. The van der Waals surface area contributed by atoms with Crippen LogP contribution in [0.25, 0.3) is 11.3 Å². The first kappa shape index (κ1) is 16.4. The minimum absolute atomic E-state index is 0.0719. The molecule has 0 aliphatic heterocycles. The van der Waals surface area contributed by atoms with Gasteiger partial charge < -0.3 is 10.2 Å². The molecule has 1 aromatic carbocycles. The largest absolute Gasteiger partial charge is 0.378 e. The number of nitrogens with zero attached hydrogens (tertiary/aromatic N) is 4. The summed E-state index contributed by atoms with van der Waals surface area (Å²) in [6.45, 7) is 4.15. The van der Waals surface area contributed by atoms with Gasteiger partial charge in [-0.15, -0.1) is 11.3 Å². The monoisotopic (exact) mass is 339 g/mol. The number of benzene rings is 1. The maximum atomic E-state index is 4.64. The molecule has 0 aliphatic rings. The molecular weight excluding hydrogens is 318 g/mol. The van der Waals surface area contributed by atoms with Crippen LogP contribution in [0.3, 0.4) is 0 Å². The van der Waals surface area contributed by atoms with Gasteiger partial charge in [0, 0.05) is 36.4 Å². The summed E-state index contributed by atoms with van der Waals surface area (Å²) in [5.74, 6) is 0.615. The van der Waals surface area contributed by atoms with Crippen molar-refractivity contribution in [1.82, 2.24) is 15.0 Å². The van der Waals surface area contributed by atoms with E-state index in [-0.39, 0.29) is 6.04 Å². The topological polar surface area (TPSA) is 53.9 Å². The highest BCUT2D eigenvalue weighted by Gasteiger charge is 2.12. The Morgan fingerprint density at radius 3 is 2.46 bits per heavy atom. The van der Waals surface area contributed by atoms with Gasteiger partial charge in [0.25, 0.3) is 0 Å². The summed E-state index contributed by atoms with van der Waals surface area (Å²) < 4.78 is 0. The lowest BCUT2D eigenvalue weighted by molar-refractivity contribution is 0.824. The number of hydrogen-bond donors (Lipinski definition) is 1. The number of rotatable bonds is 5. The minimum atomic E-state index is 0.0719. The molecule has 0 saturated carbocycles. The average Bonchev–Trinajstić information content (AvgIpc) is 3.01. The Morgan fingerprint density at radius 2 is 1.83 bits per heavy atom. The summed E-state index contributed by atoms with van der Waals surface area (Å²) in [7, 11) is 4.06. The Hall–Kier alpha value is -2.47. The van der Waals surface area contributed by atoms with Gasteiger partial charge in [0.15, 0.2) is 0 Å². The van der Waals surface area contributed by atoms with Crippen LogP contribution in [0.4, 0.5) is 11.6 Å². The van der Waals surface area contributed by atoms with Gasteiger partial charge in [-0.05, 0) is 32.0 Å². The summed E-state index contributed by atoms with van der Waals surface area (Å²) >= 11 is 1.65. The van der Waals surface area contributed by atoms with Crippen molar-refractivity contribution in [2.75, 3.05) is 24.3 Å².